The van der Waals surface area contributed by atoms with E-state index in [1.165, 1.54) is 12.8 Å². The molecule has 2 fully saturated rings. The fourth-order valence-corrected chi connectivity index (χ4v) is 5.17. The van der Waals surface area contributed by atoms with Crippen molar-refractivity contribution < 1.29 is 14.3 Å². The molecule has 0 radical (unpaired) electrons. The Kier molecular flexibility index (Phi) is 8.05. The SMILES string of the molecule is CCOc1cc(C(=O)NC2CCN(C)CC2)ccc1Nc1nc2ccc(-c3ccc(C(=O)NCC4CC4)cc3)cn2n1. The fourth-order valence-electron chi connectivity index (χ4n) is 5.17. The van der Waals surface area contributed by atoms with Gasteiger partial charge in [0.2, 0.25) is 5.95 Å². The predicted octanol–water partition coefficient (Wildman–Crippen LogP) is 4.50. The van der Waals surface area contributed by atoms with Crippen LogP contribution in [0.5, 0.6) is 5.75 Å². The molecule has 4 aromatic rings. The number of hydrogen-bond acceptors (Lipinski definition) is 7. The molecule has 2 aliphatic rings. The Bertz CT molecular complexity index is 1570. The Hall–Kier alpha value is -4.44. The fraction of sp³-hybridized carbons (Fsp3) is 0.375. The second-order valence-corrected chi connectivity index (χ2v) is 11.2. The Morgan fingerprint density at radius 3 is 2.40 bits per heavy atom. The summed E-state index contributed by atoms with van der Waals surface area (Å²) in [5.74, 6) is 1.50. The molecule has 0 unspecified atom stereocenters. The van der Waals surface area contributed by atoms with Gasteiger partial charge in [-0.15, -0.1) is 5.10 Å². The van der Waals surface area contributed by atoms with Crippen molar-refractivity contribution in [1.82, 2.24) is 30.1 Å². The highest BCUT2D eigenvalue weighted by atomic mass is 16.5. The summed E-state index contributed by atoms with van der Waals surface area (Å²) in [6.45, 7) is 5.09. The normalized spacial score (nSPS) is 15.9. The number of aromatic nitrogens is 3. The number of benzene rings is 2. The van der Waals surface area contributed by atoms with Crippen molar-refractivity contribution >= 4 is 29.1 Å². The van der Waals surface area contributed by atoms with Crippen molar-refractivity contribution in [1.29, 1.82) is 0 Å². The number of hydrogen-bond donors (Lipinski definition) is 3. The molecule has 2 amide bonds. The summed E-state index contributed by atoms with van der Waals surface area (Å²) in [6, 6.07) is 17.1. The lowest BCUT2D eigenvalue weighted by Crippen LogP contribution is -2.43. The third-order valence-corrected chi connectivity index (χ3v) is 7.90. The lowest BCUT2D eigenvalue weighted by molar-refractivity contribution is 0.0914. The van der Waals surface area contributed by atoms with E-state index in [1.807, 2.05) is 55.6 Å². The number of fused-ring (bicyclic) bond motifs is 1. The van der Waals surface area contributed by atoms with E-state index in [2.05, 4.69) is 38.0 Å². The summed E-state index contributed by atoms with van der Waals surface area (Å²) in [5.41, 5.74) is 4.51. The van der Waals surface area contributed by atoms with Crippen LogP contribution in [0.2, 0.25) is 0 Å². The monoisotopic (exact) mass is 567 g/mol. The number of amides is 2. The van der Waals surface area contributed by atoms with Gasteiger partial charge in [0.25, 0.3) is 11.8 Å². The molecule has 1 saturated carbocycles. The molecule has 10 nitrogen and oxygen atoms in total. The van der Waals surface area contributed by atoms with E-state index >= 15 is 0 Å². The van der Waals surface area contributed by atoms with Crippen LogP contribution in [0.1, 0.15) is 53.3 Å². The zero-order valence-electron chi connectivity index (χ0n) is 24.1. The van der Waals surface area contributed by atoms with Crippen molar-refractivity contribution in [3.8, 4) is 16.9 Å². The Morgan fingerprint density at radius 1 is 0.929 bits per heavy atom. The summed E-state index contributed by atoms with van der Waals surface area (Å²) in [6.07, 6.45) is 6.22. The van der Waals surface area contributed by atoms with Crippen LogP contribution in [0.4, 0.5) is 11.6 Å². The maximum Gasteiger partial charge on any atom is 0.251 e. The molecule has 1 saturated heterocycles. The van der Waals surface area contributed by atoms with Crippen LogP contribution < -0.4 is 20.7 Å². The molecule has 3 heterocycles. The molecule has 0 spiro atoms. The van der Waals surface area contributed by atoms with Gasteiger partial charge >= 0.3 is 0 Å². The molecule has 2 aromatic carbocycles. The second kappa shape index (κ2) is 12.2. The van der Waals surface area contributed by atoms with Crippen molar-refractivity contribution in [2.24, 2.45) is 5.92 Å². The van der Waals surface area contributed by atoms with Gasteiger partial charge in [-0.05, 0) is 107 Å². The number of anilines is 2. The van der Waals surface area contributed by atoms with Crippen molar-refractivity contribution in [2.45, 2.75) is 38.6 Å². The van der Waals surface area contributed by atoms with Gasteiger partial charge in [-0.3, -0.25) is 9.59 Å². The molecule has 1 aliphatic carbocycles. The quantitative estimate of drug-likeness (QED) is 0.259. The van der Waals surface area contributed by atoms with E-state index in [1.54, 1.807) is 16.6 Å². The Labute approximate surface area is 245 Å². The van der Waals surface area contributed by atoms with Gasteiger partial charge in [0.15, 0.2) is 5.65 Å². The highest BCUT2D eigenvalue weighted by Crippen LogP contribution is 2.30. The zero-order valence-corrected chi connectivity index (χ0v) is 24.1. The van der Waals surface area contributed by atoms with Crippen molar-refractivity contribution in [3.05, 3.63) is 71.9 Å². The van der Waals surface area contributed by atoms with E-state index in [-0.39, 0.29) is 17.9 Å². The van der Waals surface area contributed by atoms with Crippen LogP contribution in [0.15, 0.2) is 60.8 Å². The number of rotatable bonds is 10. The largest absolute Gasteiger partial charge is 0.492 e. The summed E-state index contributed by atoms with van der Waals surface area (Å²) < 4.78 is 7.59. The van der Waals surface area contributed by atoms with Crippen LogP contribution in [0.3, 0.4) is 0 Å². The maximum atomic E-state index is 12.9. The zero-order chi connectivity index (χ0) is 29.1. The minimum absolute atomic E-state index is 0.0340. The number of nitrogens with one attached hydrogen (secondary N) is 3. The van der Waals surface area contributed by atoms with Gasteiger partial charge < -0.3 is 25.6 Å². The van der Waals surface area contributed by atoms with Gasteiger partial charge in [-0.25, -0.2) is 4.52 Å². The van der Waals surface area contributed by atoms with Gasteiger partial charge in [-0.1, -0.05) is 12.1 Å². The second-order valence-electron chi connectivity index (χ2n) is 11.2. The van der Waals surface area contributed by atoms with Crippen LogP contribution >= 0.6 is 0 Å². The maximum absolute atomic E-state index is 12.9. The van der Waals surface area contributed by atoms with E-state index in [0.717, 1.165) is 43.6 Å². The molecule has 42 heavy (non-hydrogen) atoms. The van der Waals surface area contributed by atoms with Crippen LogP contribution in [0.25, 0.3) is 16.8 Å². The van der Waals surface area contributed by atoms with E-state index in [0.29, 0.717) is 46.7 Å². The first-order valence-corrected chi connectivity index (χ1v) is 14.7. The number of likely N-dealkylation sites (tertiary alicyclic amines) is 1. The third-order valence-electron chi connectivity index (χ3n) is 7.90. The van der Waals surface area contributed by atoms with Crippen LogP contribution in [0, 0.1) is 5.92 Å². The highest BCUT2D eigenvalue weighted by molar-refractivity contribution is 5.96. The average molecular weight is 568 g/mol. The first-order valence-electron chi connectivity index (χ1n) is 14.7. The van der Waals surface area contributed by atoms with Crippen molar-refractivity contribution in [2.75, 3.05) is 38.6 Å². The number of carbonyl (C=O) groups is 2. The molecular weight excluding hydrogens is 530 g/mol. The van der Waals surface area contributed by atoms with E-state index in [9.17, 15) is 9.59 Å². The van der Waals surface area contributed by atoms with E-state index < -0.39 is 0 Å². The summed E-state index contributed by atoms with van der Waals surface area (Å²) in [7, 11) is 2.10. The molecule has 0 atom stereocenters. The third kappa shape index (κ3) is 6.54. The molecule has 0 bridgehead atoms. The topological polar surface area (TPSA) is 113 Å². The number of nitrogens with zero attached hydrogens (tertiary/aromatic N) is 4. The predicted molar refractivity (Wildman–Crippen MR) is 162 cm³/mol. The molecule has 3 N–H and O–H groups in total. The number of carbonyl (C=O) groups excluding carboxylic acids is 2. The molecule has 6 rings (SSSR count). The minimum Gasteiger partial charge on any atom is -0.492 e. The molecule has 1 aliphatic heterocycles. The first-order chi connectivity index (χ1) is 20.4. The molecule has 2 aromatic heterocycles. The van der Waals surface area contributed by atoms with E-state index in [4.69, 9.17) is 4.74 Å². The smallest absolute Gasteiger partial charge is 0.251 e. The lowest BCUT2D eigenvalue weighted by atomic mass is 10.0. The molecule has 218 valence electrons. The van der Waals surface area contributed by atoms with Crippen LogP contribution in [-0.4, -0.2) is 70.6 Å². The summed E-state index contributed by atoms with van der Waals surface area (Å²) in [5, 5.41) is 14.0. The standard InChI is InChI=1S/C32H37N7O3/c1-3-42-28-18-24(31(41)34-26-14-16-38(2)17-15-26)10-12-27(28)35-32-36-29-13-11-25(20-39(29)37-32)22-6-8-23(9-7-22)30(40)33-19-21-4-5-21/h6-13,18,20-21,26H,3-5,14-17,19H2,1-2H3,(H,33,40)(H,34,41)(H,35,37). The lowest BCUT2D eigenvalue weighted by Gasteiger charge is -2.29. The molecule has 10 heteroatoms. The Morgan fingerprint density at radius 2 is 1.67 bits per heavy atom. The average Bonchev–Trinajstić information content (AvgIpc) is 3.75. The van der Waals surface area contributed by atoms with Gasteiger partial charge in [0.1, 0.15) is 5.75 Å². The van der Waals surface area contributed by atoms with Crippen LogP contribution in [-0.2, 0) is 0 Å². The Balaban J connectivity index is 1.14. The minimum atomic E-state index is -0.0950. The highest BCUT2D eigenvalue weighted by Gasteiger charge is 2.22. The summed E-state index contributed by atoms with van der Waals surface area (Å²) >= 11 is 0. The molecular formula is C32H37N7O3. The number of pyridine rings is 1. The number of piperidine rings is 1. The number of ether oxygens (including phenoxy) is 1. The first kappa shape index (κ1) is 27.7. The van der Waals surface area contributed by atoms with Gasteiger partial charge in [0.05, 0.1) is 12.3 Å². The summed E-state index contributed by atoms with van der Waals surface area (Å²) in [4.78, 5) is 32.2. The van der Waals surface area contributed by atoms with Gasteiger partial charge in [0, 0.05) is 35.5 Å². The van der Waals surface area contributed by atoms with Crippen molar-refractivity contribution in [3.63, 3.8) is 0 Å². The van der Waals surface area contributed by atoms with Gasteiger partial charge in [-0.2, -0.15) is 4.98 Å².